The number of alkyl halides is 3. The van der Waals surface area contributed by atoms with E-state index in [-0.39, 0.29) is 10.5 Å². The predicted molar refractivity (Wildman–Crippen MR) is 55.3 cm³/mol. The first-order chi connectivity index (χ1) is 7.60. The Bertz CT molecular complexity index is 477. The van der Waals surface area contributed by atoms with Crippen LogP contribution in [0.1, 0.15) is 5.56 Å². The van der Waals surface area contributed by atoms with Gasteiger partial charge in [-0.15, -0.1) is 0 Å². The van der Waals surface area contributed by atoms with Gasteiger partial charge >= 0.3 is 6.18 Å². The van der Waals surface area contributed by atoms with Crippen LogP contribution in [-0.2, 0) is 16.3 Å². The number of hydrogen-bond acceptors (Lipinski definition) is 3. The summed E-state index contributed by atoms with van der Waals surface area (Å²) in [4.78, 5) is 0.0303. The second kappa shape index (κ2) is 4.66. The first kappa shape index (κ1) is 14.0. The van der Waals surface area contributed by atoms with E-state index in [9.17, 15) is 21.6 Å². The third kappa shape index (κ3) is 4.01. The Balaban J connectivity index is 2.83. The maximum Gasteiger partial charge on any atom is 0.414 e. The van der Waals surface area contributed by atoms with E-state index in [1.54, 1.807) is 0 Å². The molecule has 0 aliphatic carbocycles. The molecule has 7 heteroatoms. The van der Waals surface area contributed by atoms with E-state index in [2.05, 4.69) is 0 Å². The van der Waals surface area contributed by atoms with Crippen LogP contribution in [0.5, 0.6) is 0 Å². The molecule has 1 atom stereocenters. The molecule has 1 N–H and O–H groups in total. The van der Waals surface area contributed by atoms with Crippen LogP contribution in [0.3, 0.4) is 0 Å². The lowest BCUT2D eigenvalue weighted by Gasteiger charge is -2.14. The molecule has 1 aromatic carbocycles. The van der Waals surface area contributed by atoms with Gasteiger partial charge in [0.25, 0.3) is 0 Å². The fourth-order valence-corrected chi connectivity index (χ4v) is 1.84. The third-order valence-corrected chi connectivity index (χ3v) is 3.29. The number of benzene rings is 1. The van der Waals surface area contributed by atoms with E-state index in [0.717, 1.165) is 6.26 Å². The summed E-state index contributed by atoms with van der Waals surface area (Å²) in [7, 11) is -3.36. The lowest BCUT2D eigenvalue weighted by Crippen LogP contribution is -2.30. The van der Waals surface area contributed by atoms with Crippen LogP contribution in [0.4, 0.5) is 13.2 Å². The molecule has 3 nitrogen and oxygen atoms in total. The van der Waals surface area contributed by atoms with Gasteiger partial charge < -0.3 is 5.11 Å². The summed E-state index contributed by atoms with van der Waals surface area (Å²) in [5.74, 6) is 0. The van der Waals surface area contributed by atoms with Crippen molar-refractivity contribution in [1.29, 1.82) is 0 Å². The fourth-order valence-electron chi connectivity index (χ4n) is 1.21. The molecule has 17 heavy (non-hydrogen) atoms. The number of halogens is 3. The molecule has 0 radical (unpaired) electrons. The number of sulfone groups is 1. The summed E-state index contributed by atoms with van der Waals surface area (Å²) >= 11 is 0. The van der Waals surface area contributed by atoms with Crippen LogP contribution in [0.25, 0.3) is 0 Å². The highest BCUT2D eigenvalue weighted by Crippen LogP contribution is 2.23. The molecule has 0 fully saturated rings. The highest BCUT2D eigenvalue weighted by molar-refractivity contribution is 7.90. The van der Waals surface area contributed by atoms with Crippen LogP contribution in [0.15, 0.2) is 29.2 Å². The molecule has 0 saturated carbocycles. The Morgan fingerprint density at radius 1 is 1.24 bits per heavy atom. The van der Waals surface area contributed by atoms with Gasteiger partial charge in [0.1, 0.15) is 0 Å². The van der Waals surface area contributed by atoms with E-state index >= 15 is 0 Å². The molecule has 0 aliphatic rings. The molecule has 0 aromatic heterocycles. The molecular formula is C10H11F3O3S. The van der Waals surface area contributed by atoms with Crippen molar-refractivity contribution in [1.82, 2.24) is 0 Å². The second-order valence-electron chi connectivity index (χ2n) is 3.68. The van der Waals surface area contributed by atoms with E-state index < -0.39 is 28.5 Å². The van der Waals surface area contributed by atoms with Crippen LogP contribution in [-0.4, -0.2) is 32.1 Å². The van der Waals surface area contributed by atoms with Crippen molar-refractivity contribution in [2.75, 3.05) is 6.26 Å². The third-order valence-electron chi connectivity index (χ3n) is 2.16. The SMILES string of the molecule is CS(=O)(=O)c1ccc(CC(O)C(F)(F)F)cc1. The van der Waals surface area contributed by atoms with E-state index in [4.69, 9.17) is 5.11 Å². The minimum Gasteiger partial charge on any atom is -0.383 e. The summed E-state index contributed by atoms with van der Waals surface area (Å²) < 4.78 is 58.4. The lowest BCUT2D eigenvalue weighted by atomic mass is 10.1. The van der Waals surface area contributed by atoms with Gasteiger partial charge in [0, 0.05) is 12.7 Å². The van der Waals surface area contributed by atoms with Gasteiger partial charge in [-0.25, -0.2) is 8.42 Å². The molecule has 1 unspecified atom stereocenters. The summed E-state index contributed by atoms with van der Waals surface area (Å²) in [6, 6.07) is 4.94. The molecule has 0 aliphatic heterocycles. The molecule has 96 valence electrons. The smallest absolute Gasteiger partial charge is 0.383 e. The minimum absolute atomic E-state index is 0.0303. The Morgan fingerprint density at radius 2 is 1.71 bits per heavy atom. The first-order valence-electron chi connectivity index (χ1n) is 4.64. The Labute approximate surface area is 96.8 Å². The van der Waals surface area contributed by atoms with Crippen molar-refractivity contribution in [2.45, 2.75) is 23.6 Å². The normalized spacial score (nSPS) is 14.6. The zero-order chi connectivity index (χ0) is 13.3. The van der Waals surface area contributed by atoms with Crippen molar-refractivity contribution < 1.29 is 26.7 Å². The van der Waals surface area contributed by atoms with Crippen molar-refractivity contribution in [3.8, 4) is 0 Å². The zero-order valence-corrected chi connectivity index (χ0v) is 9.72. The maximum atomic E-state index is 12.1. The van der Waals surface area contributed by atoms with Crippen molar-refractivity contribution in [3.63, 3.8) is 0 Å². The summed E-state index contributed by atoms with van der Waals surface area (Å²) in [5, 5.41) is 8.83. The average molecular weight is 268 g/mol. The van der Waals surface area contributed by atoms with E-state index in [1.165, 1.54) is 24.3 Å². The monoisotopic (exact) mass is 268 g/mol. The van der Waals surface area contributed by atoms with Gasteiger partial charge in [-0.3, -0.25) is 0 Å². The van der Waals surface area contributed by atoms with Crippen LogP contribution < -0.4 is 0 Å². The maximum absolute atomic E-state index is 12.1. The van der Waals surface area contributed by atoms with Crippen molar-refractivity contribution >= 4 is 9.84 Å². The van der Waals surface area contributed by atoms with Gasteiger partial charge in [0.2, 0.25) is 0 Å². The first-order valence-corrected chi connectivity index (χ1v) is 6.53. The standard InChI is InChI=1S/C10H11F3O3S/c1-17(15,16)8-4-2-7(3-5-8)6-9(14)10(11,12)13/h2-5,9,14H,6H2,1H3. The predicted octanol–water partition coefficient (Wildman–Crippen LogP) is 1.56. The Kier molecular flexibility index (Phi) is 3.83. The number of hydrogen-bond donors (Lipinski definition) is 1. The molecule has 0 amide bonds. The Hall–Kier alpha value is -1.08. The molecule has 0 saturated heterocycles. The number of aliphatic hydroxyl groups excluding tert-OH is 1. The topological polar surface area (TPSA) is 54.4 Å². The Morgan fingerprint density at radius 3 is 2.06 bits per heavy atom. The summed E-state index contributed by atoms with van der Waals surface area (Å²) in [6.45, 7) is 0. The lowest BCUT2D eigenvalue weighted by molar-refractivity contribution is -0.203. The van der Waals surface area contributed by atoms with Crippen LogP contribution >= 0.6 is 0 Å². The highest BCUT2D eigenvalue weighted by Gasteiger charge is 2.37. The molecule has 0 heterocycles. The van der Waals surface area contributed by atoms with E-state index in [1.807, 2.05) is 0 Å². The molecule has 1 aromatic rings. The average Bonchev–Trinajstić information content (AvgIpc) is 2.15. The summed E-state index contributed by atoms with van der Waals surface area (Å²) in [6.07, 6.45) is -6.69. The second-order valence-corrected chi connectivity index (χ2v) is 5.69. The summed E-state index contributed by atoms with van der Waals surface area (Å²) in [5.41, 5.74) is 0.224. The highest BCUT2D eigenvalue weighted by atomic mass is 32.2. The van der Waals surface area contributed by atoms with Crippen LogP contribution in [0, 0.1) is 0 Å². The number of aliphatic hydroxyl groups is 1. The molecule has 0 spiro atoms. The van der Waals surface area contributed by atoms with Gasteiger partial charge in [0.05, 0.1) is 4.90 Å². The van der Waals surface area contributed by atoms with Crippen molar-refractivity contribution in [2.24, 2.45) is 0 Å². The molecule has 0 bridgehead atoms. The van der Waals surface area contributed by atoms with Gasteiger partial charge in [0.15, 0.2) is 15.9 Å². The van der Waals surface area contributed by atoms with Gasteiger partial charge in [-0.05, 0) is 17.7 Å². The molecule has 1 rings (SSSR count). The largest absolute Gasteiger partial charge is 0.414 e. The molecular weight excluding hydrogens is 257 g/mol. The quantitative estimate of drug-likeness (QED) is 0.905. The van der Waals surface area contributed by atoms with Crippen LogP contribution in [0.2, 0.25) is 0 Å². The van der Waals surface area contributed by atoms with Gasteiger partial charge in [-0.1, -0.05) is 12.1 Å². The van der Waals surface area contributed by atoms with E-state index in [0.29, 0.717) is 0 Å². The van der Waals surface area contributed by atoms with Gasteiger partial charge in [-0.2, -0.15) is 13.2 Å². The fraction of sp³-hybridized carbons (Fsp3) is 0.400. The van der Waals surface area contributed by atoms with Crippen molar-refractivity contribution in [3.05, 3.63) is 29.8 Å². The minimum atomic E-state index is -4.67. The number of rotatable bonds is 3. The zero-order valence-electron chi connectivity index (χ0n) is 8.90.